The van der Waals surface area contributed by atoms with Crippen molar-refractivity contribution in [2.24, 2.45) is 0 Å². The molecule has 0 aliphatic rings. The zero-order valence-corrected chi connectivity index (χ0v) is 12.8. The number of nitrogens with zero attached hydrogens (tertiary/aromatic N) is 3. The Bertz CT molecular complexity index is 618. The van der Waals surface area contributed by atoms with E-state index < -0.39 is 5.97 Å². The van der Waals surface area contributed by atoms with Crippen LogP contribution in [-0.4, -0.2) is 36.7 Å². The van der Waals surface area contributed by atoms with Gasteiger partial charge in [-0.05, 0) is 11.6 Å². The second-order valence-electron chi connectivity index (χ2n) is 3.92. The largest absolute Gasteiger partial charge is 0.481 e. The lowest BCUT2D eigenvalue weighted by atomic mass is 10.2. The van der Waals surface area contributed by atoms with Crippen LogP contribution in [0.15, 0.2) is 33.9 Å². The van der Waals surface area contributed by atoms with Crippen LogP contribution in [-0.2, 0) is 17.9 Å². The van der Waals surface area contributed by atoms with Crippen molar-refractivity contribution >= 4 is 33.7 Å². The van der Waals surface area contributed by atoms with Crippen LogP contribution >= 0.6 is 27.7 Å². The molecular formula is C12H12BrN3O3S. The van der Waals surface area contributed by atoms with E-state index in [2.05, 4.69) is 26.1 Å². The SMILES string of the molecule is O=C(O)CSc1nnc(CO)n1Cc1ccccc1Br. The Morgan fingerprint density at radius 2 is 2.10 bits per heavy atom. The zero-order chi connectivity index (χ0) is 14.5. The Labute approximate surface area is 128 Å². The molecule has 1 aromatic carbocycles. The van der Waals surface area contributed by atoms with Crippen molar-refractivity contribution < 1.29 is 15.0 Å². The number of aromatic nitrogens is 3. The molecule has 0 saturated carbocycles. The fourth-order valence-corrected chi connectivity index (χ4v) is 2.71. The molecule has 0 amide bonds. The fraction of sp³-hybridized carbons (Fsp3) is 0.250. The zero-order valence-electron chi connectivity index (χ0n) is 10.4. The van der Waals surface area contributed by atoms with Gasteiger partial charge in [-0.1, -0.05) is 45.9 Å². The molecule has 0 saturated heterocycles. The maximum Gasteiger partial charge on any atom is 0.313 e. The lowest BCUT2D eigenvalue weighted by molar-refractivity contribution is -0.133. The monoisotopic (exact) mass is 357 g/mol. The summed E-state index contributed by atoms with van der Waals surface area (Å²) in [5.74, 6) is -0.607. The normalized spacial score (nSPS) is 10.7. The number of carbonyl (C=O) groups is 1. The molecule has 2 rings (SSSR count). The second-order valence-corrected chi connectivity index (χ2v) is 5.71. The van der Waals surface area contributed by atoms with E-state index >= 15 is 0 Å². The highest BCUT2D eigenvalue weighted by molar-refractivity contribution is 9.10. The highest BCUT2D eigenvalue weighted by Gasteiger charge is 2.14. The summed E-state index contributed by atoms with van der Waals surface area (Å²) in [6.07, 6.45) is 0. The maximum absolute atomic E-state index is 10.6. The summed E-state index contributed by atoms with van der Waals surface area (Å²) in [7, 11) is 0. The number of benzene rings is 1. The van der Waals surface area contributed by atoms with Gasteiger partial charge in [0.15, 0.2) is 11.0 Å². The Morgan fingerprint density at radius 1 is 1.35 bits per heavy atom. The van der Waals surface area contributed by atoms with Gasteiger partial charge in [-0.25, -0.2) is 0 Å². The van der Waals surface area contributed by atoms with E-state index in [-0.39, 0.29) is 12.4 Å². The number of halogens is 1. The number of thioether (sulfide) groups is 1. The molecule has 1 aromatic heterocycles. The summed E-state index contributed by atoms with van der Waals surface area (Å²) in [5.41, 5.74) is 0.999. The van der Waals surface area contributed by atoms with Crippen molar-refractivity contribution in [1.29, 1.82) is 0 Å². The molecule has 0 atom stereocenters. The van der Waals surface area contributed by atoms with Gasteiger partial charge >= 0.3 is 5.97 Å². The molecule has 0 spiro atoms. The third-order valence-electron chi connectivity index (χ3n) is 2.55. The molecule has 0 aliphatic heterocycles. The molecule has 106 valence electrons. The number of carboxylic acid groups (broad SMARTS) is 1. The third-order valence-corrected chi connectivity index (χ3v) is 4.27. The van der Waals surface area contributed by atoms with Crippen molar-refractivity contribution in [2.45, 2.75) is 18.3 Å². The number of aliphatic hydroxyl groups excluding tert-OH is 1. The van der Waals surface area contributed by atoms with Gasteiger partial charge in [0, 0.05) is 4.47 Å². The molecule has 0 aliphatic carbocycles. The van der Waals surface area contributed by atoms with Gasteiger partial charge in [0.25, 0.3) is 0 Å². The summed E-state index contributed by atoms with van der Waals surface area (Å²) in [6.45, 7) is 0.220. The first-order valence-electron chi connectivity index (χ1n) is 5.72. The van der Waals surface area contributed by atoms with E-state index in [9.17, 15) is 9.90 Å². The van der Waals surface area contributed by atoms with Gasteiger partial charge in [0.05, 0.1) is 12.3 Å². The molecule has 6 nitrogen and oxygen atoms in total. The number of aliphatic carboxylic acids is 1. The first-order chi connectivity index (χ1) is 9.61. The van der Waals surface area contributed by atoms with E-state index in [1.807, 2.05) is 24.3 Å². The van der Waals surface area contributed by atoms with Crippen molar-refractivity contribution in [3.05, 3.63) is 40.1 Å². The quantitative estimate of drug-likeness (QED) is 0.765. The predicted molar refractivity (Wildman–Crippen MR) is 77.5 cm³/mol. The number of aliphatic hydroxyl groups is 1. The van der Waals surface area contributed by atoms with Crippen molar-refractivity contribution in [1.82, 2.24) is 14.8 Å². The number of rotatable bonds is 6. The smallest absolute Gasteiger partial charge is 0.313 e. The van der Waals surface area contributed by atoms with Gasteiger partial charge < -0.3 is 10.2 Å². The Kier molecular flexibility index (Phi) is 5.16. The maximum atomic E-state index is 10.6. The molecule has 1 heterocycles. The minimum atomic E-state index is -0.920. The van der Waals surface area contributed by atoms with Crippen LogP contribution in [0.3, 0.4) is 0 Å². The average Bonchev–Trinajstić information content (AvgIpc) is 2.81. The summed E-state index contributed by atoms with van der Waals surface area (Å²) in [4.78, 5) is 10.6. The number of hydrogen-bond donors (Lipinski definition) is 2. The lowest BCUT2D eigenvalue weighted by Crippen LogP contribution is -2.08. The standard InChI is InChI=1S/C12H12BrN3O3S/c13-9-4-2-1-3-8(9)5-16-10(6-17)14-15-12(16)20-7-11(18)19/h1-4,17H,5-7H2,(H,18,19). The first-order valence-corrected chi connectivity index (χ1v) is 7.50. The minimum Gasteiger partial charge on any atom is -0.481 e. The van der Waals surface area contributed by atoms with E-state index in [0.29, 0.717) is 17.5 Å². The molecule has 20 heavy (non-hydrogen) atoms. The second kappa shape index (κ2) is 6.87. The number of hydrogen-bond acceptors (Lipinski definition) is 5. The molecule has 0 unspecified atom stereocenters. The van der Waals surface area contributed by atoms with Gasteiger partial charge in [-0.3, -0.25) is 9.36 Å². The Hall–Kier alpha value is -1.38. The first kappa shape index (κ1) is 15.0. The highest BCUT2D eigenvalue weighted by Crippen LogP contribution is 2.22. The summed E-state index contributed by atoms with van der Waals surface area (Å²) in [5, 5.41) is 26.3. The Morgan fingerprint density at radius 3 is 2.75 bits per heavy atom. The van der Waals surface area contributed by atoms with Crippen LogP contribution in [0.25, 0.3) is 0 Å². The highest BCUT2D eigenvalue weighted by atomic mass is 79.9. The van der Waals surface area contributed by atoms with Gasteiger partial charge in [0.1, 0.15) is 6.61 Å². The topological polar surface area (TPSA) is 88.2 Å². The van der Waals surface area contributed by atoms with Gasteiger partial charge in [-0.15, -0.1) is 10.2 Å². The van der Waals surface area contributed by atoms with Crippen LogP contribution in [0.1, 0.15) is 11.4 Å². The van der Waals surface area contributed by atoms with E-state index in [0.717, 1.165) is 21.8 Å². The van der Waals surface area contributed by atoms with Crippen LogP contribution < -0.4 is 0 Å². The molecule has 0 fully saturated rings. The molecule has 0 bridgehead atoms. The summed E-state index contributed by atoms with van der Waals surface area (Å²) < 4.78 is 2.65. The van der Waals surface area contributed by atoms with Crippen molar-refractivity contribution in [3.63, 3.8) is 0 Å². The van der Waals surface area contributed by atoms with Gasteiger partial charge in [0.2, 0.25) is 0 Å². The lowest BCUT2D eigenvalue weighted by Gasteiger charge is -2.10. The Balaban J connectivity index is 2.27. The van der Waals surface area contributed by atoms with E-state index in [1.165, 1.54) is 0 Å². The third kappa shape index (κ3) is 3.59. The average molecular weight is 358 g/mol. The van der Waals surface area contributed by atoms with Crippen LogP contribution in [0, 0.1) is 0 Å². The summed E-state index contributed by atoms with van der Waals surface area (Å²) >= 11 is 4.54. The van der Waals surface area contributed by atoms with Gasteiger partial charge in [-0.2, -0.15) is 0 Å². The van der Waals surface area contributed by atoms with E-state index in [4.69, 9.17) is 5.11 Å². The van der Waals surface area contributed by atoms with Crippen molar-refractivity contribution in [3.8, 4) is 0 Å². The van der Waals surface area contributed by atoms with E-state index in [1.54, 1.807) is 4.57 Å². The predicted octanol–water partition coefficient (Wildman–Crippen LogP) is 1.76. The molecule has 0 radical (unpaired) electrons. The van der Waals surface area contributed by atoms with Crippen molar-refractivity contribution in [2.75, 3.05) is 5.75 Å². The molecule has 2 aromatic rings. The van der Waals surface area contributed by atoms with Crippen LogP contribution in [0.4, 0.5) is 0 Å². The molecule has 2 N–H and O–H groups in total. The van der Waals surface area contributed by atoms with Crippen LogP contribution in [0.5, 0.6) is 0 Å². The summed E-state index contributed by atoms with van der Waals surface area (Å²) in [6, 6.07) is 7.68. The minimum absolute atomic E-state index is 0.0977. The molecule has 8 heteroatoms. The molecular weight excluding hydrogens is 346 g/mol. The number of carboxylic acids is 1. The fourth-order valence-electron chi connectivity index (χ4n) is 1.62. The van der Waals surface area contributed by atoms with Crippen LogP contribution in [0.2, 0.25) is 0 Å².